The lowest BCUT2D eigenvalue weighted by Crippen LogP contribution is -2.32. The van der Waals surface area contributed by atoms with Crippen molar-refractivity contribution in [3.05, 3.63) is 48.4 Å². The second kappa shape index (κ2) is 11.1. The number of hydrogen-bond acceptors (Lipinski definition) is 6. The number of benzene rings is 1. The van der Waals surface area contributed by atoms with E-state index in [0.29, 0.717) is 18.8 Å². The topological polar surface area (TPSA) is 102 Å². The van der Waals surface area contributed by atoms with Gasteiger partial charge < -0.3 is 15.8 Å². The summed E-state index contributed by atoms with van der Waals surface area (Å²) in [5.41, 5.74) is 8.24. The highest BCUT2D eigenvalue weighted by Gasteiger charge is 2.15. The zero-order valence-electron chi connectivity index (χ0n) is 17.5. The Labute approximate surface area is 172 Å². The van der Waals surface area contributed by atoms with Crippen LogP contribution in [0.4, 0.5) is 4.79 Å². The third kappa shape index (κ3) is 8.29. The number of aliphatic imine (C=N–C) groups is 1. The van der Waals surface area contributed by atoms with E-state index in [1.165, 1.54) is 6.20 Å². The van der Waals surface area contributed by atoms with Gasteiger partial charge in [0.2, 0.25) is 0 Å². The van der Waals surface area contributed by atoms with Crippen LogP contribution in [-0.4, -0.2) is 40.5 Å². The normalized spacial score (nSPS) is 12.4. The molecule has 1 aromatic carbocycles. The fourth-order valence-corrected chi connectivity index (χ4v) is 2.69. The molecule has 0 bridgehead atoms. The summed E-state index contributed by atoms with van der Waals surface area (Å²) in [6.07, 6.45) is 8.50. The quantitative estimate of drug-likeness (QED) is 0.492. The summed E-state index contributed by atoms with van der Waals surface area (Å²) in [7, 11) is 0. The van der Waals surface area contributed by atoms with E-state index >= 15 is 0 Å². The number of nitrogens with two attached hydrogens (primary N) is 1. The van der Waals surface area contributed by atoms with E-state index in [1.54, 1.807) is 12.3 Å². The molecule has 0 aliphatic carbocycles. The highest BCUT2D eigenvalue weighted by molar-refractivity contribution is 6.07. The van der Waals surface area contributed by atoms with Gasteiger partial charge in [0.1, 0.15) is 11.3 Å². The molecule has 0 unspecified atom stereocenters. The van der Waals surface area contributed by atoms with Crippen LogP contribution >= 0.6 is 0 Å². The van der Waals surface area contributed by atoms with Crippen molar-refractivity contribution < 1.29 is 9.53 Å². The molecule has 0 atom stereocenters. The number of nitrogens with zero attached hydrogens (tertiary/aromatic N) is 3. The van der Waals surface area contributed by atoms with E-state index < -0.39 is 5.60 Å². The summed E-state index contributed by atoms with van der Waals surface area (Å²) in [5, 5.41) is 2.77. The summed E-state index contributed by atoms with van der Waals surface area (Å²) in [6, 6.07) is 7.74. The maximum absolute atomic E-state index is 11.6. The molecular formula is C22H31N5O2. The number of amides is 1. The number of hydrogen-bond donors (Lipinski definition) is 2. The number of alkyl carbamates (subject to hydrolysis) is 1. The van der Waals surface area contributed by atoms with Gasteiger partial charge in [-0.05, 0) is 58.0 Å². The van der Waals surface area contributed by atoms with Crippen LogP contribution in [-0.2, 0) is 4.74 Å². The van der Waals surface area contributed by atoms with Crippen LogP contribution in [0, 0.1) is 0 Å². The molecule has 0 aliphatic heterocycles. The lowest BCUT2D eigenvalue weighted by atomic mass is 10.2. The van der Waals surface area contributed by atoms with Crippen molar-refractivity contribution in [1.82, 2.24) is 15.3 Å². The van der Waals surface area contributed by atoms with Gasteiger partial charge >= 0.3 is 6.09 Å². The van der Waals surface area contributed by atoms with Crippen LogP contribution < -0.4 is 11.1 Å². The first-order valence-electron chi connectivity index (χ1n) is 10.0. The zero-order valence-corrected chi connectivity index (χ0v) is 17.5. The minimum Gasteiger partial charge on any atom is -0.444 e. The number of rotatable bonds is 9. The second-order valence-electron chi connectivity index (χ2n) is 7.71. The molecule has 1 amide bonds. The third-order valence-electron chi connectivity index (χ3n) is 4.00. The number of unbranched alkanes of at least 4 members (excludes halogenated alkanes) is 3. The van der Waals surface area contributed by atoms with Gasteiger partial charge in [-0.1, -0.05) is 25.0 Å². The average molecular weight is 398 g/mol. The Hall–Kier alpha value is -2.96. The lowest BCUT2D eigenvalue weighted by Gasteiger charge is -2.19. The molecule has 0 saturated carbocycles. The van der Waals surface area contributed by atoms with E-state index in [-0.39, 0.29) is 6.09 Å². The molecule has 3 N–H and O–H groups in total. The largest absolute Gasteiger partial charge is 0.444 e. The molecule has 1 heterocycles. The molecule has 2 rings (SSSR count). The van der Waals surface area contributed by atoms with E-state index in [0.717, 1.165) is 42.4 Å². The highest BCUT2D eigenvalue weighted by atomic mass is 16.6. The van der Waals surface area contributed by atoms with Crippen molar-refractivity contribution in [2.75, 3.05) is 13.1 Å². The van der Waals surface area contributed by atoms with Crippen LogP contribution in [0.2, 0.25) is 0 Å². The summed E-state index contributed by atoms with van der Waals surface area (Å²) < 4.78 is 5.21. The van der Waals surface area contributed by atoms with Gasteiger partial charge in [0.25, 0.3) is 0 Å². The van der Waals surface area contributed by atoms with E-state index in [9.17, 15) is 4.79 Å². The maximum atomic E-state index is 11.6. The van der Waals surface area contributed by atoms with E-state index in [2.05, 4.69) is 20.3 Å². The fourth-order valence-electron chi connectivity index (χ4n) is 2.69. The monoisotopic (exact) mass is 397 g/mol. The van der Waals surface area contributed by atoms with Crippen molar-refractivity contribution in [2.45, 2.75) is 52.1 Å². The average Bonchev–Trinajstić information content (AvgIpc) is 2.67. The van der Waals surface area contributed by atoms with Gasteiger partial charge in [-0.15, -0.1) is 0 Å². The molecule has 0 fully saturated rings. The molecular weight excluding hydrogens is 366 g/mol. The SMILES string of the molecule is CC(C)(C)OC(=O)NCCCCCCN=C(C=CN)c1cnc2ccccc2n1. The standard InChI is InChI=1S/C22H31N5O2/c1-22(2,3)29-21(28)25-15-9-5-4-8-14-24-18(12-13-23)20-16-26-17-10-6-7-11-19(17)27-20/h6-7,10-13,16H,4-5,8-9,14-15,23H2,1-3H3,(H,25,28). The van der Waals surface area contributed by atoms with Gasteiger partial charge in [-0.25, -0.2) is 9.78 Å². The van der Waals surface area contributed by atoms with Gasteiger partial charge in [0.15, 0.2) is 0 Å². The van der Waals surface area contributed by atoms with E-state index in [4.69, 9.17) is 10.5 Å². The Bertz CT molecular complexity index is 856. The van der Waals surface area contributed by atoms with Gasteiger partial charge in [-0.2, -0.15) is 0 Å². The molecule has 7 nitrogen and oxygen atoms in total. The maximum Gasteiger partial charge on any atom is 0.407 e. The van der Waals surface area contributed by atoms with Crippen molar-refractivity contribution >= 4 is 22.8 Å². The first kappa shape index (κ1) is 22.3. The predicted molar refractivity (Wildman–Crippen MR) is 117 cm³/mol. The van der Waals surface area contributed by atoms with E-state index in [1.807, 2.05) is 45.0 Å². The van der Waals surface area contributed by atoms with Crippen LogP contribution in [0.25, 0.3) is 11.0 Å². The molecule has 2 aromatic rings. The third-order valence-corrected chi connectivity index (χ3v) is 4.00. The lowest BCUT2D eigenvalue weighted by molar-refractivity contribution is 0.0527. The van der Waals surface area contributed by atoms with Crippen LogP contribution in [0.15, 0.2) is 47.7 Å². The van der Waals surface area contributed by atoms with Crippen molar-refractivity contribution in [1.29, 1.82) is 0 Å². The van der Waals surface area contributed by atoms with Crippen LogP contribution in [0.1, 0.15) is 52.1 Å². The molecule has 0 spiro atoms. The Morgan fingerprint density at radius 1 is 1.17 bits per heavy atom. The number of carbonyl (C=O) groups excluding carboxylic acids is 1. The fraction of sp³-hybridized carbons (Fsp3) is 0.455. The molecule has 0 aliphatic rings. The second-order valence-corrected chi connectivity index (χ2v) is 7.71. The number of allylic oxidation sites excluding steroid dienone is 1. The smallest absolute Gasteiger partial charge is 0.407 e. The molecule has 7 heteroatoms. The number of para-hydroxylation sites is 2. The van der Waals surface area contributed by atoms with Crippen molar-refractivity contribution in [3.8, 4) is 0 Å². The van der Waals surface area contributed by atoms with Crippen LogP contribution in [0.3, 0.4) is 0 Å². The summed E-state index contributed by atoms with van der Waals surface area (Å²) in [4.78, 5) is 25.3. The molecule has 1 aromatic heterocycles. The van der Waals surface area contributed by atoms with Gasteiger partial charge in [0.05, 0.1) is 22.9 Å². The first-order valence-corrected chi connectivity index (χ1v) is 10.0. The first-order chi connectivity index (χ1) is 13.9. The zero-order chi connectivity index (χ0) is 21.1. The highest BCUT2D eigenvalue weighted by Crippen LogP contribution is 2.10. The van der Waals surface area contributed by atoms with Gasteiger partial charge in [-0.3, -0.25) is 9.98 Å². The number of nitrogens with one attached hydrogen (secondary N) is 1. The Morgan fingerprint density at radius 3 is 2.62 bits per heavy atom. The molecule has 29 heavy (non-hydrogen) atoms. The summed E-state index contributed by atoms with van der Waals surface area (Å²) in [5.74, 6) is 0. The Morgan fingerprint density at radius 2 is 1.90 bits per heavy atom. The van der Waals surface area contributed by atoms with Crippen molar-refractivity contribution in [2.24, 2.45) is 10.7 Å². The number of fused-ring (bicyclic) bond motifs is 1. The molecule has 0 saturated heterocycles. The molecule has 0 radical (unpaired) electrons. The molecule has 156 valence electrons. The Balaban J connectivity index is 1.74. The number of ether oxygens (including phenoxy) is 1. The Kier molecular flexibility index (Phi) is 8.58. The predicted octanol–water partition coefficient (Wildman–Crippen LogP) is 3.98. The van der Waals surface area contributed by atoms with Crippen molar-refractivity contribution in [3.63, 3.8) is 0 Å². The minimum absolute atomic E-state index is 0.364. The summed E-state index contributed by atoms with van der Waals surface area (Å²) in [6.45, 7) is 6.86. The minimum atomic E-state index is -0.465. The number of carbonyl (C=O) groups is 1. The van der Waals surface area contributed by atoms with Gasteiger partial charge in [0, 0.05) is 13.1 Å². The summed E-state index contributed by atoms with van der Waals surface area (Å²) >= 11 is 0. The van der Waals surface area contributed by atoms with Crippen LogP contribution in [0.5, 0.6) is 0 Å². The number of aromatic nitrogens is 2.